The summed E-state index contributed by atoms with van der Waals surface area (Å²) in [6, 6.07) is 18.4. The van der Waals surface area contributed by atoms with Gasteiger partial charge in [0.15, 0.2) is 6.61 Å². The summed E-state index contributed by atoms with van der Waals surface area (Å²) in [7, 11) is -0.531. The zero-order valence-electron chi connectivity index (χ0n) is 18.5. The van der Waals surface area contributed by atoms with E-state index in [0.717, 1.165) is 11.1 Å². The molecule has 1 amide bonds. The number of carbonyl (C=O) groups excluding carboxylic acids is 1. The summed E-state index contributed by atoms with van der Waals surface area (Å²) in [6.07, 6.45) is 0. The monoisotopic (exact) mass is 454 g/mol. The normalized spacial score (nSPS) is 11.0. The highest BCUT2D eigenvalue weighted by Crippen LogP contribution is 2.22. The van der Waals surface area contributed by atoms with E-state index in [1.807, 2.05) is 19.9 Å². The highest BCUT2D eigenvalue weighted by Gasteiger charge is 2.16. The van der Waals surface area contributed by atoms with Gasteiger partial charge in [0, 0.05) is 24.5 Å². The van der Waals surface area contributed by atoms with Gasteiger partial charge in [0.05, 0.1) is 12.0 Å². The molecule has 0 spiro atoms. The first-order valence-electron chi connectivity index (χ1n) is 9.93. The molecule has 0 aliphatic carbocycles. The van der Waals surface area contributed by atoms with Crippen molar-refractivity contribution in [2.75, 3.05) is 30.4 Å². The van der Waals surface area contributed by atoms with Gasteiger partial charge in [-0.15, -0.1) is 0 Å². The molecule has 0 bridgehead atoms. The van der Waals surface area contributed by atoms with Crippen molar-refractivity contribution in [1.82, 2.24) is 0 Å². The van der Waals surface area contributed by atoms with E-state index >= 15 is 0 Å². The quantitative estimate of drug-likeness (QED) is 0.553. The third-order valence-electron chi connectivity index (χ3n) is 5.07. The van der Waals surface area contributed by atoms with E-state index in [1.54, 1.807) is 50.6 Å². The Morgan fingerprint density at radius 3 is 2.31 bits per heavy atom. The number of hydrogen-bond acceptors (Lipinski definition) is 5. The van der Waals surface area contributed by atoms with Crippen LogP contribution in [0.15, 0.2) is 71.6 Å². The number of nitrogens with one attached hydrogen (secondary N) is 1. The number of sulfonamides is 1. The molecule has 3 aromatic carbocycles. The van der Waals surface area contributed by atoms with Crippen molar-refractivity contribution < 1.29 is 22.7 Å². The third-order valence-corrected chi connectivity index (χ3v) is 6.47. The number of benzene rings is 3. The van der Waals surface area contributed by atoms with E-state index in [0.29, 0.717) is 22.9 Å². The minimum absolute atomic E-state index is 0.0999. The fourth-order valence-corrected chi connectivity index (χ4v) is 3.99. The topological polar surface area (TPSA) is 84.9 Å². The fourth-order valence-electron chi connectivity index (χ4n) is 2.94. The van der Waals surface area contributed by atoms with Crippen molar-refractivity contribution in [3.05, 3.63) is 77.9 Å². The number of amides is 1. The van der Waals surface area contributed by atoms with Gasteiger partial charge in [0.25, 0.3) is 15.9 Å². The summed E-state index contributed by atoms with van der Waals surface area (Å²) < 4.78 is 38.6. The van der Waals surface area contributed by atoms with Gasteiger partial charge >= 0.3 is 0 Å². The molecule has 32 heavy (non-hydrogen) atoms. The number of methoxy groups -OCH3 is 1. The van der Waals surface area contributed by atoms with Gasteiger partial charge in [0.1, 0.15) is 11.5 Å². The maximum absolute atomic E-state index is 12.7. The molecule has 7 nitrogen and oxygen atoms in total. The Morgan fingerprint density at radius 1 is 0.938 bits per heavy atom. The first kappa shape index (κ1) is 23.1. The first-order chi connectivity index (χ1) is 15.2. The number of likely N-dealkylation sites (N-methyl/N-ethyl adjacent to an activating group) is 1. The molecule has 0 saturated carbocycles. The Morgan fingerprint density at radius 2 is 1.66 bits per heavy atom. The molecule has 0 atom stereocenters. The number of anilines is 2. The van der Waals surface area contributed by atoms with E-state index in [2.05, 4.69) is 4.72 Å². The minimum Gasteiger partial charge on any atom is -0.497 e. The van der Waals surface area contributed by atoms with Crippen LogP contribution in [0.3, 0.4) is 0 Å². The van der Waals surface area contributed by atoms with Crippen LogP contribution in [0.5, 0.6) is 11.5 Å². The molecule has 0 aliphatic heterocycles. The van der Waals surface area contributed by atoms with Crippen molar-refractivity contribution >= 4 is 27.3 Å². The van der Waals surface area contributed by atoms with Gasteiger partial charge in [-0.05, 0) is 73.5 Å². The van der Waals surface area contributed by atoms with Crippen LogP contribution in [0.25, 0.3) is 0 Å². The van der Waals surface area contributed by atoms with Crippen LogP contribution >= 0.6 is 0 Å². The number of ether oxygens (including phenoxy) is 2. The molecule has 0 radical (unpaired) electrons. The predicted octanol–water partition coefficient (Wildman–Crippen LogP) is 4.15. The number of aryl methyl sites for hydroxylation is 2. The highest BCUT2D eigenvalue weighted by molar-refractivity contribution is 7.92. The van der Waals surface area contributed by atoms with E-state index in [-0.39, 0.29) is 17.4 Å². The smallest absolute Gasteiger partial charge is 0.264 e. The zero-order chi connectivity index (χ0) is 23.3. The lowest BCUT2D eigenvalue weighted by Crippen LogP contribution is -2.31. The van der Waals surface area contributed by atoms with Gasteiger partial charge in [-0.1, -0.05) is 12.1 Å². The predicted molar refractivity (Wildman–Crippen MR) is 125 cm³/mol. The number of carbonyl (C=O) groups is 1. The molecule has 0 unspecified atom stereocenters. The summed E-state index contributed by atoms with van der Waals surface area (Å²) in [5.41, 5.74) is 3.26. The van der Waals surface area contributed by atoms with Gasteiger partial charge < -0.3 is 14.4 Å². The van der Waals surface area contributed by atoms with E-state index < -0.39 is 10.0 Å². The zero-order valence-corrected chi connectivity index (χ0v) is 19.3. The van der Waals surface area contributed by atoms with Crippen molar-refractivity contribution in [3.8, 4) is 11.5 Å². The summed E-state index contributed by atoms with van der Waals surface area (Å²) >= 11 is 0. The molecule has 0 fully saturated rings. The summed E-state index contributed by atoms with van der Waals surface area (Å²) in [5.74, 6) is 0.781. The summed E-state index contributed by atoms with van der Waals surface area (Å²) in [5, 5.41) is 0. The van der Waals surface area contributed by atoms with Gasteiger partial charge in [0.2, 0.25) is 0 Å². The lowest BCUT2D eigenvalue weighted by molar-refractivity contribution is -0.120. The van der Waals surface area contributed by atoms with Gasteiger partial charge in [-0.2, -0.15) is 0 Å². The fraction of sp³-hybridized carbons (Fsp3) is 0.208. The van der Waals surface area contributed by atoms with Crippen molar-refractivity contribution in [3.63, 3.8) is 0 Å². The average molecular weight is 455 g/mol. The molecule has 3 rings (SSSR count). The maximum atomic E-state index is 12.7. The first-order valence-corrected chi connectivity index (χ1v) is 11.4. The SMILES string of the molecule is COc1cccc(N(C)C(=O)COc2ccc(S(=O)(=O)Nc3ccc(C)c(C)c3)cc2)c1. The van der Waals surface area contributed by atoms with Crippen LogP contribution in [0.1, 0.15) is 11.1 Å². The van der Waals surface area contributed by atoms with Crippen LogP contribution in [-0.4, -0.2) is 35.1 Å². The summed E-state index contributed by atoms with van der Waals surface area (Å²) in [6.45, 7) is 3.69. The number of hydrogen-bond donors (Lipinski definition) is 1. The molecule has 0 heterocycles. The molecule has 3 aromatic rings. The molecule has 1 N–H and O–H groups in total. The second kappa shape index (κ2) is 9.74. The molecule has 0 aliphatic rings. The lowest BCUT2D eigenvalue weighted by Gasteiger charge is -2.18. The second-order valence-corrected chi connectivity index (χ2v) is 9.00. The van der Waals surface area contributed by atoms with Gasteiger partial charge in [-0.25, -0.2) is 8.42 Å². The Labute approximate surface area is 188 Å². The second-order valence-electron chi connectivity index (χ2n) is 7.32. The van der Waals surface area contributed by atoms with E-state index in [4.69, 9.17) is 9.47 Å². The Bertz CT molecular complexity index is 1210. The molecule has 168 valence electrons. The maximum Gasteiger partial charge on any atom is 0.264 e. The lowest BCUT2D eigenvalue weighted by atomic mass is 10.1. The van der Waals surface area contributed by atoms with Crippen molar-refractivity contribution in [2.24, 2.45) is 0 Å². The minimum atomic E-state index is -3.74. The van der Waals surface area contributed by atoms with Gasteiger partial charge in [-0.3, -0.25) is 9.52 Å². The Hall–Kier alpha value is -3.52. The largest absolute Gasteiger partial charge is 0.497 e. The highest BCUT2D eigenvalue weighted by atomic mass is 32.2. The third kappa shape index (κ3) is 5.59. The standard InChI is InChI=1S/C24H26N2O5S/c1-17-8-9-19(14-18(17)2)25-32(28,29)23-12-10-21(11-13-23)31-16-24(27)26(3)20-6-5-7-22(15-20)30-4/h5-15,25H,16H2,1-4H3. The van der Waals surface area contributed by atoms with Crippen molar-refractivity contribution in [1.29, 1.82) is 0 Å². The van der Waals surface area contributed by atoms with Crippen molar-refractivity contribution in [2.45, 2.75) is 18.7 Å². The van der Waals surface area contributed by atoms with Crippen LogP contribution < -0.4 is 19.1 Å². The van der Waals surface area contributed by atoms with E-state index in [1.165, 1.54) is 29.2 Å². The van der Waals surface area contributed by atoms with Crippen LogP contribution in [0, 0.1) is 13.8 Å². The molecule has 8 heteroatoms. The van der Waals surface area contributed by atoms with Crippen LogP contribution in [0.2, 0.25) is 0 Å². The summed E-state index contributed by atoms with van der Waals surface area (Å²) in [4.78, 5) is 14.0. The number of rotatable bonds is 8. The number of nitrogens with zero attached hydrogens (tertiary/aromatic N) is 1. The average Bonchev–Trinajstić information content (AvgIpc) is 2.79. The molecule has 0 aromatic heterocycles. The molecular formula is C24H26N2O5S. The van der Waals surface area contributed by atoms with Crippen LogP contribution in [0.4, 0.5) is 11.4 Å². The van der Waals surface area contributed by atoms with E-state index in [9.17, 15) is 13.2 Å². The Balaban J connectivity index is 1.62. The Kier molecular flexibility index (Phi) is 7.05. The molecule has 0 saturated heterocycles. The van der Waals surface area contributed by atoms with Crippen LogP contribution in [-0.2, 0) is 14.8 Å². The molecular weight excluding hydrogens is 428 g/mol.